The Morgan fingerprint density at radius 1 is 1.27 bits per heavy atom. The van der Waals surface area contributed by atoms with E-state index in [4.69, 9.17) is 4.52 Å². The van der Waals surface area contributed by atoms with Gasteiger partial charge in [0.15, 0.2) is 0 Å². The second-order valence-corrected chi connectivity index (χ2v) is 5.85. The van der Waals surface area contributed by atoms with E-state index < -0.39 is 0 Å². The van der Waals surface area contributed by atoms with Crippen LogP contribution in [0.25, 0.3) is 11.4 Å². The highest BCUT2D eigenvalue weighted by atomic mass is 16.5. The molecule has 4 rings (SSSR count). The molecule has 1 saturated heterocycles. The molecule has 6 nitrogen and oxygen atoms in total. The number of amides is 1. The number of hydrogen-bond donors (Lipinski definition) is 1. The monoisotopic (exact) mass is 298 g/mol. The number of nitrogens with zero attached hydrogens (tertiary/aromatic N) is 3. The molecule has 2 aliphatic rings. The molecule has 1 atom stereocenters. The first-order valence-corrected chi connectivity index (χ1v) is 7.73. The Kier molecular flexibility index (Phi) is 3.38. The number of carbonyl (C=O) groups excluding carboxylic acids is 1. The number of benzene rings is 1. The van der Waals surface area contributed by atoms with Gasteiger partial charge in [0.2, 0.25) is 11.7 Å². The Balaban J connectivity index is 1.59. The molecule has 0 spiro atoms. The van der Waals surface area contributed by atoms with E-state index in [0.29, 0.717) is 24.8 Å². The van der Waals surface area contributed by atoms with Crippen molar-refractivity contribution in [2.24, 2.45) is 5.92 Å². The fourth-order valence-corrected chi connectivity index (χ4v) is 2.83. The van der Waals surface area contributed by atoms with Crippen LogP contribution in [0.5, 0.6) is 0 Å². The Hall–Kier alpha value is -2.21. The Morgan fingerprint density at radius 2 is 2.09 bits per heavy atom. The van der Waals surface area contributed by atoms with Crippen molar-refractivity contribution in [2.45, 2.75) is 18.9 Å². The summed E-state index contributed by atoms with van der Waals surface area (Å²) in [5, 5.41) is 7.37. The van der Waals surface area contributed by atoms with Crippen LogP contribution in [0.4, 0.5) is 0 Å². The highest BCUT2D eigenvalue weighted by Crippen LogP contribution is 2.34. The molecule has 1 unspecified atom stereocenters. The van der Waals surface area contributed by atoms with Crippen LogP contribution < -0.4 is 5.32 Å². The Labute approximate surface area is 128 Å². The van der Waals surface area contributed by atoms with Crippen LogP contribution in [-0.2, 0) is 4.79 Å². The van der Waals surface area contributed by atoms with Gasteiger partial charge in [-0.2, -0.15) is 4.98 Å². The van der Waals surface area contributed by atoms with Crippen molar-refractivity contribution in [3.05, 3.63) is 36.2 Å². The molecule has 2 aromatic rings. The average molecular weight is 298 g/mol. The lowest BCUT2D eigenvalue weighted by atomic mass is 10.1. The molecule has 1 aliphatic carbocycles. The summed E-state index contributed by atoms with van der Waals surface area (Å²) >= 11 is 0. The maximum Gasteiger partial charge on any atom is 0.251 e. The fraction of sp³-hybridized carbons (Fsp3) is 0.438. The molecule has 22 heavy (non-hydrogen) atoms. The second kappa shape index (κ2) is 5.53. The minimum Gasteiger partial charge on any atom is -0.337 e. The molecule has 1 amide bonds. The Morgan fingerprint density at radius 3 is 2.86 bits per heavy atom. The van der Waals surface area contributed by atoms with Crippen molar-refractivity contribution in [1.82, 2.24) is 20.4 Å². The summed E-state index contributed by atoms with van der Waals surface area (Å²) in [7, 11) is 0. The summed E-state index contributed by atoms with van der Waals surface area (Å²) in [6.07, 6.45) is 2.02. The van der Waals surface area contributed by atoms with Crippen LogP contribution in [0.3, 0.4) is 0 Å². The van der Waals surface area contributed by atoms with E-state index in [-0.39, 0.29) is 17.9 Å². The largest absolute Gasteiger partial charge is 0.337 e. The topological polar surface area (TPSA) is 71.3 Å². The molecule has 0 bridgehead atoms. The molecule has 2 heterocycles. The van der Waals surface area contributed by atoms with Gasteiger partial charge < -0.3 is 14.7 Å². The van der Waals surface area contributed by atoms with E-state index in [2.05, 4.69) is 15.5 Å². The number of hydrogen-bond acceptors (Lipinski definition) is 5. The average Bonchev–Trinajstić information content (AvgIpc) is 3.32. The summed E-state index contributed by atoms with van der Waals surface area (Å²) in [5.74, 6) is 1.52. The minimum atomic E-state index is -0.160. The first-order valence-electron chi connectivity index (χ1n) is 7.73. The van der Waals surface area contributed by atoms with E-state index >= 15 is 0 Å². The zero-order valence-electron chi connectivity index (χ0n) is 12.2. The molecule has 1 aliphatic heterocycles. The minimum absolute atomic E-state index is 0.160. The van der Waals surface area contributed by atoms with E-state index in [1.54, 1.807) is 0 Å². The zero-order chi connectivity index (χ0) is 14.9. The van der Waals surface area contributed by atoms with Crippen LogP contribution in [0.2, 0.25) is 0 Å². The predicted molar refractivity (Wildman–Crippen MR) is 79.8 cm³/mol. The van der Waals surface area contributed by atoms with Gasteiger partial charge in [0.1, 0.15) is 6.04 Å². The molecule has 1 aromatic heterocycles. The second-order valence-electron chi connectivity index (χ2n) is 5.85. The molecule has 0 radical (unpaired) electrons. The zero-order valence-corrected chi connectivity index (χ0v) is 12.2. The third-order valence-corrected chi connectivity index (χ3v) is 4.21. The summed E-state index contributed by atoms with van der Waals surface area (Å²) in [5.41, 5.74) is 0.918. The van der Waals surface area contributed by atoms with Crippen LogP contribution in [0.15, 0.2) is 34.9 Å². The number of carbonyl (C=O) groups is 1. The van der Waals surface area contributed by atoms with Gasteiger partial charge in [-0.05, 0) is 12.8 Å². The van der Waals surface area contributed by atoms with Crippen molar-refractivity contribution in [2.75, 3.05) is 19.6 Å². The van der Waals surface area contributed by atoms with Crippen LogP contribution >= 0.6 is 0 Å². The quantitative estimate of drug-likeness (QED) is 0.932. The SMILES string of the molecule is O=C(C1CC1)N1CCNCC1c1nc(-c2ccccc2)no1. The summed E-state index contributed by atoms with van der Waals surface area (Å²) in [6, 6.07) is 9.56. The van der Waals surface area contributed by atoms with Crippen LogP contribution in [0.1, 0.15) is 24.8 Å². The van der Waals surface area contributed by atoms with Gasteiger partial charge in [-0.3, -0.25) is 4.79 Å². The molecule has 114 valence electrons. The van der Waals surface area contributed by atoms with E-state index in [0.717, 1.165) is 24.9 Å². The first-order chi connectivity index (χ1) is 10.8. The first kappa shape index (κ1) is 13.5. The van der Waals surface area contributed by atoms with Gasteiger partial charge in [0, 0.05) is 31.1 Å². The van der Waals surface area contributed by atoms with Crippen molar-refractivity contribution in [3.63, 3.8) is 0 Å². The van der Waals surface area contributed by atoms with Gasteiger partial charge in [0.25, 0.3) is 5.89 Å². The van der Waals surface area contributed by atoms with Gasteiger partial charge in [-0.25, -0.2) is 0 Å². The lowest BCUT2D eigenvalue weighted by Gasteiger charge is -2.34. The van der Waals surface area contributed by atoms with Crippen LogP contribution in [0, 0.1) is 5.92 Å². The maximum absolute atomic E-state index is 12.4. The van der Waals surface area contributed by atoms with Crippen molar-refractivity contribution in [1.29, 1.82) is 0 Å². The smallest absolute Gasteiger partial charge is 0.251 e. The molecule has 1 N–H and O–H groups in total. The molecule has 6 heteroatoms. The van der Waals surface area contributed by atoms with Gasteiger partial charge in [0.05, 0.1) is 0 Å². The highest BCUT2D eigenvalue weighted by Gasteiger charge is 2.39. The number of nitrogens with one attached hydrogen (secondary N) is 1. The predicted octanol–water partition coefficient (Wildman–Crippen LogP) is 1.62. The van der Waals surface area contributed by atoms with Crippen molar-refractivity contribution in [3.8, 4) is 11.4 Å². The highest BCUT2D eigenvalue weighted by molar-refractivity contribution is 5.81. The number of aromatic nitrogens is 2. The van der Waals surface area contributed by atoms with Gasteiger partial charge >= 0.3 is 0 Å². The molecule has 1 aromatic carbocycles. The summed E-state index contributed by atoms with van der Waals surface area (Å²) < 4.78 is 5.44. The fourth-order valence-electron chi connectivity index (χ4n) is 2.83. The molecule has 1 saturated carbocycles. The summed E-state index contributed by atoms with van der Waals surface area (Å²) in [6.45, 7) is 2.17. The molecular weight excluding hydrogens is 280 g/mol. The normalized spacial score (nSPS) is 21.8. The third kappa shape index (κ3) is 2.50. The van der Waals surface area contributed by atoms with Crippen molar-refractivity contribution < 1.29 is 9.32 Å². The molecular formula is C16H18N4O2. The lowest BCUT2D eigenvalue weighted by Crippen LogP contribution is -2.49. The number of piperazine rings is 1. The van der Waals surface area contributed by atoms with E-state index in [9.17, 15) is 4.79 Å². The van der Waals surface area contributed by atoms with E-state index in [1.165, 1.54) is 0 Å². The Bertz CT molecular complexity index is 666. The van der Waals surface area contributed by atoms with Crippen LogP contribution in [-0.4, -0.2) is 40.6 Å². The van der Waals surface area contributed by atoms with Crippen molar-refractivity contribution >= 4 is 5.91 Å². The standard InChI is InChI=1S/C16H18N4O2/c21-16(12-6-7-12)20-9-8-17-10-13(20)15-18-14(19-22-15)11-4-2-1-3-5-11/h1-5,12-13,17H,6-10H2. The number of rotatable bonds is 3. The van der Waals surface area contributed by atoms with Gasteiger partial charge in [-0.15, -0.1) is 0 Å². The lowest BCUT2D eigenvalue weighted by molar-refractivity contribution is -0.136. The maximum atomic E-state index is 12.4. The van der Waals surface area contributed by atoms with Gasteiger partial charge in [-0.1, -0.05) is 35.5 Å². The van der Waals surface area contributed by atoms with E-state index in [1.807, 2.05) is 35.2 Å². The summed E-state index contributed by atoms with van der Waals surface area (Å²) in [4.78, 5) is 18.8. The molecule has 2 fully saturated rings. The third-order valence-electron chi connectivity index (χ3n) is 4.21.